The zero-order valence-corrected chi connectivity index (χ0v) is 22.1. The third kappa shape index (κ3) is 5.23. The number of carboxylic acid groups (broad SMARTS) is 3. The van der Waals surface area contributed by atoms with Gasteiger partial charge in [0.2, 0.25) is 0 Å². The van der Waals surface area contributed by atoms with Crippen LogP contribution in [0.15, 0.2) is 77.5 Å². The fourth-order valence-corrected chi connectivity index (χ4v) is 5.98. The Morgan fingerprint density at radius 1 is 0.775 bits per heavy atom. The van der Waals surface area contributed by atoms with Gasteiger partial charge in [0.1, 0.15) is 0 Å². The van der Waals surface area contributed by atoms with Crippen LogP contribution >= 0.6 is 11.3 Å². The number of fused-ring (bicyclic) bond motifs is 1. The Bertz CT molecular complexity index is 1630. The number of hydrogen-bond acceptors (Lipinski definition) is 5. The van der Waals surface area contributed by atoms with Crippen LogP contribution in [0.1, 0.15) is 77.0 Å². The molecule has 40 heavy (non-hydrogen) atoms. The van der Waals surface area contributed by atoms with Crippen LogP contribution in [-0.2, 0) is 13.0 Å². The molecule has 0 aliphatic heterocycles. The highest BCUT2D eigenvalue weighted by atomic mass is 32.1. The summed E-state index contributed by atoms with van der Waals surface area (Å²) in [6, 6.07) is 18.8. The zero-order chi connectivity index (χ0) is 28.4. The van der Waals surface area contributed by atoms with Crippen molar-refractivity contribution in [1.29, 1.82) is 0 Å². The number of hydrogen-bond donors (Lipinski definition) is 3. The van der Waals surface area contributed by atoms with Crippen molar-refractivity contribution in [2.75, 3.05) is 0 Å². The number of rotatable bonds is 8. The number of carboxylic acids is 3. The summed E-state index contributed by atoms with van der Waals surface area (Å²) in [7, 11) is 0. The summed E-state index contributed by atoms with van der Waals surface area (Å²) >= 11 is 1.57. The zero-order valence-electron chi connectivity index (χ0n) is 21.2. The van der Waals surface area contributed by atoms with Crippen molar-refractivity contribution >= 4 is 35.2 Å². The van der Waals surface area contributed by atoms with Gasteiger partial charge in [0.15, 0.2) is 0 Å². The summed E-state index contributed by atoms with van der Waals surface area (Å²) in [5.74, 6) is -5.37. The van der Waals surface area contributed by atoms with Gasteiger partial charge in [0, 0.05) is 6.54 Å². The topological polar surface area (TPSA) is 132 Å². The van der Waals surface area contributed by atoms with Crippen molar-refractivity contribution < 1.29 is 34.5 Å². The summed E-state index contributed by atoms with van der Waals surface area (Å²) in [5, 5.41) is 33.1. The second-order valence-electron chi connectivity index (χ2n) is 9.61. The maximum Gasteiger partial charge on any atom is 0.336 e. The molecule has 202 valence electrons. The van der Waals surface area contributed by atoms with Gasteiger partial charge in [-0.05, 0) is 82.1 Å². The number of amides is 1. The highest BCUT2D eigenvalue weighted by Crippen LogP contribution is 2.37. The molecule has 8 nitrogen and oxygen atoms in total. The number of aromatic carboxylic acids is 3. The Morgan fingerprint density at radius 3 is 2.12 bits per heavy atom. The molecule has 1 heterocycles. The van der Waals surface area contributed by atoms with Crippen LogP contribution in [0.4, 0.5) is 0 Å². The largest absolute Gasteiger partial charge is 0.478 e. The summed E-state index contributed by atoms with van der Waals surface area (Å²) < 4.78 is 0. The predicted octanol–water partition coefficient (Wildman–Crippen LogP) is 6.23. The monoisotopic (exact) mass is 555 g/mol. The first-order valence-electron chi connectivity index (χ1n) is 12.6. The normalized spacial score (nSPS) is 14.2. The van der Waals surface area contributed by atoms with Crippen LogP contribution < -0.4 is 0 Å². The van der Waals surface area contributed by atoms with E-state index in [1.165, 1.54) is 0 Å². The third-order valence-corrected chi connectivity index (χ3v) is 7.87. The molecule has 4 aromatic rings. The van der Waals surface area contributed by atoms with Gasteiger partial charge in [-0.15, -0.1) is 0 Å². The van der Waals surface area contributed by atoms with Crippen molar-refractivity contribution in [1.82, 2.24) is 4.90 Å². The van der Waals surface area contributed by atoms with E-state index in [4.69, 9.17) is 0 Å². The molecule has 0 bridgehead atoms. The van der Waals surface area contributed by atoms with Gasteiger partial charge in [-0.2, -0.15) is 11.3 Å². The van der Waals surface area contributed by atoms with Crippen molar-refractivity contribution in [3.05, 3.63) is 116 Å². The molecule has 1 aromatic heterocycles. The van der Waals surface area contributed by atoms with E-state index < -0.39 is 46.5 Å². The predicted molar refractivity (Wildman–Crippen MR) is 149 cm³/mol. The molecule has 1 atom stereocenters. The Morgan fingerprint density at radius 2 is 1.45 bits per heavy atom. The first-order valence-corrected chi connectivity index (χ1v) is 13.6. The van der Waals surface area contributed by atoms with E-state index in [-0.39, 0.29) is 12.1 Å². The molecule has 0 saturated heterocycles. The second-order valence-corrected chi connectivity index (χ2v) is 10.4. The number of thiophene rings is 1. The van der Waals surface area contributed by atoms with E-state index in [1.807, 2.05) is 65.4 Å². The molecule has 3 N–H and O–H groups in total. The molecule has 0 radical (unpaired) electrons. The first kappa shape index (κ1) is 26.8. The third-order valence-electron chi connectivity index (χ3n) is 7.19. The first-order chi connectivity index (χ1) is 19.2. The summed E-state index contributed by atoms with van der Waals surface area (Å²) in [4.78, 5) is 51.7. The van der Waals surface area contributed by atoms with Crippen molar-refractivity contribution in [2.45, 2.75) is 31.8 Å². The van der Waals surface area contributed by atoms with E-state index in [9.17, 15) is 34.5 Å². The molecule has 9 heteroatoms. The van der Waals surface area contributed by atoms with Crippen LogP contribution in [0, 0.1) is 0 Å². The fourth-order valence-electron chi connectivity index (χ4n) is 5.31. The number of carbonyl (C=O) groups is 4. The quantitative estimate of drug-likeness (QED) is 0.235. The summed E-state index contributed by atoms with van der Waals surface area (Å²) in [6.07, 6.45) is 2.29. The Hall–Kier alpha value is -4.76. The van der Waals surface area contributed by atoms with E-state index in [1.54, 1.807) is 16.2 Å². The Balaban J connectivity index is 1.65. The van der Waals surface area contributed by atoms with Gasteiger partial charge in [-0.1, -0.05) is 42.5 Å². The molecule has 0 spiro atoms. The number of aryl methyl sites for hydroxylation is 1. The van der Waals surface area contributed by atoms with Gasteiger partial charge in [-0.3, -0.25) is 4.79 Å². The van der Waals surface area contributed by atoms with Crippen LogP contribution in [0.5, 0.6) is 0 Å². The summed E-state index contributed by atoms with van der Waals surface area (Å²) in [5.41, 5.74) is 2.60. The highest BCUT2D eigenvalue weighted by Gasteiger charge is 2.33. The van der Waals surface area contributed by atoms with Gasteiger partial charge in [-0.25, -0.2) is 14.4 Å². The molecular formula is C31H25NO7S. The summed E-state index contributed by atoms with van der Waals surface area (Å²) in [6.45, 7) is 0.137. The van der Waals surface area contributed by atoms with Crippen LogP contribution in [-0.4, -0.2) is 44.0 Å². The minimum Gasteiger partial charge on any atom is -0.478 e. The fraction of sp³-hybridized carbons (Fsp3) is 0.161. The SMILES string of the molecule is O=C(O)c1cc(C(=O)O)c(C(=O)N(Cc2cccc(-c3ccsc3)c2)C2CCCc3ccccc32)cc1C(=O)O. The van der Waals surface area contributed by atoms with E-state index in [2.05, 4.69) is 0 Å². The lowest BCUT2D eigenvalue weighted by Crippen LogP contribution is -2.37. The lowest BCUT2D eigenvalue weighted by atomic mass is 9.86. The average molecular weight is 556 g/mol. The van der Waals surface area contributed by atoms with Crippen molar-refractivity contribution in [3.63, 3.8) is 0 Å². The highest BCUT2D eigenvalue weighted by molar-refractivity contribution is 7.08. The van der Waals surface area contributed by atoms with Crippen molar-refractivity contribution in [2.24, 2.45) is 0 Å². The maximum absolute atomic E-state index is 14.3. The van der Waals surface area contributed by atoms with Crippen LogP contribution in [0.3, 0.4) is 0 Å². The van der Waals surface area contributed by atoms with Gasteiger partial charge >= 0.3 is 17.9 Å². The molecular weight excluding hydrogens is 530 g/mol. The van der Waals surface area contributed by atoms with Gasteiger partial charge in [0.25, 0.3) is 5.91 Å². The lowest BCUT2D eigenvalue weighted by Gasteiger charge is -2.36. The van der Waals surface area contributed by atoms with Crippen LogP contribution in [0.25, 0.3) is 11.1 Å². The van der Waals surface area contributed by atoms with Gasteiger partial charge < -0.3 is 20.2 Å². The molecule has 1 unspecified atom stereocenters. The molecule has 0 saturated carbocycles. The number of carbonyl (C=O) groups excluding carboxylic acids is 1. The van der Waals surface area contributed by atoms with E-state index in [0.717, 1.165) is 52.8 Å². The van der Waals surface area contributed by atoms with E-state index in [0.29, 0.717) is 6.42 Å². The Kier molecular flexibility index (Phi) is 7.48. The molecule has 1 amide bonds. The minimum absolute atomic E-state index is 0.137. The lowest BCUT2D eigenvalue weighted by molar-refractivity contribution is 0.0611. The van der Waals surface area contributed by atoms with Crippen molar-refractivity contribution in [3.8, 4) is 11.1 Å². The molecule has 1 aliphatic rings. The molecule has 0 fully saturated rings. The minimum atomic E-state index is -1.60. The molecule has 5 rings (SSSR count). The average Bonchev–Trinajstić information content (AvgIpc) is 3.50. The number of nitrogens with zero attached hydrogens (tertiary/aromatic N) is 1. The number of benzene rings is 3. The maximum atomic E-state index is 14.3. The standard InChI is InChI=1S/C31H25NO7S/c33-28(23-14-25(30(36)37)26(31(38)39)15-24(23)29(34)35)32(27-10-4-7-19-6-1-2-9-22(19)27)16-18-5-3-8-20(13-18)21-11-12-40-17-21/h1-3,5-6,8-9,11-15,17,27H,4,7,10,16H2,(H,34,35)(H,36,37)(H,38,39). The molecule has 1 aliphatic carbocycles. The van der Waals surface area contributed by atoms with Gasteiger partial charge in [0.05, 0.1) is 28.3 Å². The van der Waals surface area contributed by atoms with Crippen LogP contribution in [0.2, 0.25) is 0 Å². The second kappa shape index (κ2) is 11.2. The Labute approximate surface area is 233 Å². The van der Waals surface area contributed by atoms with E-state index >= 15 is 0 Å². The smallest absolute Gasteiger partial charge is 0.336 e. The molecule has 3 aromatic carbocycles.